The topological polar surface area (TPSA) is 168 Å². The van der Waals surface area contributed by atoms with Crippen LogP contribution in [0.15, 0.2) is 18.2 Å². The lowest BCUT2D eigenvalue weighted by Gasteiger charge is -2.21. The van der Waals surface area contributed by atoms with E-state index in [2.05, 4.69) is 9.84 Å². The molecule has 0 aliphatic rings. The standard InChI is InChI=1S/C17H27N2O8P/c1-4-26-17(22)13(19-16(21)12(18)7-10(2)3)8-11-5-6-15(14(20)9-11)27-28(23,24)25/h5-6,9-10,12-13,20H,4,7-8,18H2,1-3H3,(H,19,21)(H2,23,24,25)/t12?,13-/m0/s1. The number of benzene rings is 1. The van der Waals surface area contributed by atoms with Gasteiger partial charge in [-0.05, 0) is 37.0 Å². The third kappa shape index (κ3) is 8.26. The molecular formula is C17H27N2O8P. The lowest BCUT2D eigenvalue weighted by atomic mass is 10.0. The molecule has 6 N–H and O–H groups in total. The molecule has 158 valence electrons. The largest absolute Gasteiger partial charge is 0.524 e. The highest BCUT2D eigenvalue weighted by molar-refractivity contribution is 7.46. The van der Waals surface area contributed by atoms with Gasteiger partial charge in [0.15, 0.2) is 11.5 Å². The number of hydrogen-bond acceptors (Lipinski definition) is 7. The fraction of sp³-hybridized carbons (Fsp3) is 0.529. The molecule has 0 spiro atoms. The van der Waals surface area contributed by atoms with Crippen LogP contribution in [-0.4, -0.2) is 45.5 Å². The predicted octanol–water partition coefficient (Wildman–Crippen LogP) is 0.827. The Hall–Kier alpha value is -2.13. The minimum absolute atomic E-state index is 0.0251. The first-order valence-corrected chi connectivity index (χ1v) is 10.3. The van der Waals surface area contributed by atoms with Crippen molar-refractivity contribution in [3.8, 4) is 11.5 Å². The molecule has 0 saturated carbocycles. The minimum atomic E-state index is -4.83. The normalized spacial score (nSPS) is 13.7. The van der Waals surface area contributed by atoms with Crippen LogP contribution in [0.5, 0.6) is 11.5 Å². The second-order valence-electron chi connectivity index (χ2n) is 6.64. The second kappa shape index (κ2) is 10.4. The number of hydrogen-bond donors (Lipinski definition) is 5. The number of phenolic OH excluding ortho intramolecular Hbond substituents is 1. The minimum Gasteiger partial charge on any atom is -0.504 e. The molecule has 1 aromatic rings. The van der Waals surface area contributed by atoms with Crippen LogP contribution in [0.1, 0.15) is 32.8 Å². The van der Waals surface area contributed by atoms with Gasteiger partial charge in [0.1, 0.15) is 6.04 Å². The lowest BCUT2D eigenvalue weighted by Crippen LogP contribution is -2.50. The molecule has 0 fully saturated rings. The van der Waals surface area contributed by atoms with E-state index in [0.29, 0.717) is 12.0 Å². The third-order valence-electron chi connectivity index (χ3n) is 3.63. The Morgan fingerprint density at radius 3 is 2.43 bits per heavy atom. The number of amides is 1. The molecule has 1 rings (SSSR count). The van der Waals surface area contributed by atoms with Crippen molar-refractivity contribution in [2.45, 2.75) is 45.7 Å². The quantitative estimate of drug-likeness (QED) is 0.273. The van der Waals surface area contributed by atoms with Gasteiger partial charge in [0.2, 0.25) is 5.91 Å². The summed E-state index contributed by atoms with van der Waals surface area (Å²) in [6.07, 6.45) is 0.416. The molecular weight excluding hydrogens is 391 g/mol. The summed E-state index contributed by atoms with van der Waals surface area (Å²) in [6, 6.07) is 1.90. The van der Waals surface area contributed by atoms with Crippen molar-refractivity contribution < 1.29 is 38.3 Å². The molecule has 1 aromatic carbocycles. The molecule has 1 amide bonds. The summed E-state index contributed by atoms with van der Waals surface area (Å²) < 4.78 is 20.2. The number of esters is 1. The van der Waals surface area contributed by atoms with E-state index in [-0.39, 0.29) is 18.9 Å². The fourth-order valence-corrected chi connectivity index (χ4v) is 2.87. The van der Waals surface area contributed by atoms with Crippen LogP contribution in [0.4, 0.5) is 0 Å². The highest BCUT2D eigenvalue weighted by Gasteiger charge is 2.26. The summed E-state index contributed by atoms with van der Waals surface area (Å²) in [6.45, 7) is 5.57. The molecule has 1 unspecified atom stereocenters. The van der Waals surface area contributed by atoms with Gasteiger partial charge in [-0.25, -0.2) is 9.36 Å². The summed E-state index contributed by atoms with van der Waals surface area (Å²) in [5.74, 6) is -1.90. The van der Waals surface area contributed by atoms with Crippen LogP contribution in [-0.2, 0) is 25.3 Å². The number of carbonyl (C=O) groups excluding carboxylic acids is 2. The Labute approximate surface area is 163 Å². The summed E-state index contributed by atoms with van der Waals surface area (Å²) in [5.41, 5.74) is 6.25. The Morgan fingerprint density at radius 2 is 1.93 bits per heavy atom. The lowest BCUT2D eigenvalue weighted by molar-refractivity contribution is -0.147. The molecule has 2 atom stereocenters. The van der Waals surface area contributed by atoms with E-state index in [1.165, 1.54) is 12.1 Å². The smallest absolute Gasteiger partial charge is 0.504 e. The number of nitrogens with one attached hydrogen (secondary N) is 1. The summed E-state index contributed by atoms with van der Waals surface area (Å²) >= 11 is 0. The Bertz CT molecular complexity index is 734. The highest BCUT2D eigenvalue weighted by Crippen LogP contribution is 2.41. The third-order valence-corrected chi connectivity index (χ3v) is 4.06. The van der Waals surface area contributed by atoms with E-state index in [9.17, 15) is 19.3 Å². The van der Waals surface area contributed by atoms with Crippen LogP contribution >= 0.6 is 7.82 Å². The van der Waals surface area contributed by atoms with Crippen molar-refractivity contribution in [3.63, 3.8) is 0 Å². The van der Waals surface area contributed by atoms with Gasteiger partial charge in [0, 0.05) is 6.42 Å². The fourth-order valence-electron chi connectivity index (χ4n) is 2.46. The van der Waals surface area contributed by atoms with Crippen LogP contribution in [0.2, 0.25) is 0 Å². The number of rotatable bonds is 10. The maximum atomic E-state index is 12.3. The van der Waals surface area contributed by atoms with Crippen LogP contribution in [0, 0.1) is 5.92 Å². The van der Waals surface area contributed by atoms with Gasteiger partial charge in [-0.2, -0.15) is 0 Å². The van der Waals surface area contributed by atoms with E-state index in [1.54, 1.807) is 6.92 Å². The zero-order chi connectivity index (χ0) is 21.5. The molecule has 0 saturated heterocycles. The molecule has 0 radical (unpaired) electrons. The summed E-state index contributed by atoms with van der Waals surface area (Å²) in [5, 5.41) is 12.4. The Kier molecular flexibility index (Phi) is 8.90. The van der Waals surface area contributed by atoms with E-state index in [4.69, 9.17) is 20.3 Å². The van der Waals surface area contributed by atoms with E-state index in [0.717, 1.165) is 6.07 Å². The number of phosphoric ester groups is 1. The monoisotopic (exact) mass is 418 g/mol. The van der Waals surface area contributed by atoms with Crippen molar-refractivity contribution in [2.24, 2.45) is 11.7 Å². The number of phosphoric acid groups is 1. The van der Waals surface area contributed by atoms with Crippen molar-refractivity contribution in [2.75, 3.05) is 6.61 Å². The Morgan fingerprint density at radius 1 is 1.29 bits per heavy atom. The van der Waals surface area contributed by atoms with Crippen molar-refractivity contribution in [1.82, 2.24) is 5.32 Å². The van der Waals surface area contributed by atoms with E-state index >= 15 is 0 Å². The molecule has 0 aliphatic carbocycles. The maximum absolute atomic E-state index is 12.3. The zero-order valence-corrected chi connectivity index (χ0v) is 16.9. The van der Waals surface area contributed by atoms with Gasteiger partial charge in [-0.3, -0.25) is 14.6 Å². The zero-order valence-electron chi connectivity index (χ0n) is 16.0. The molecule has 0 aliphatic heterocycles. The predicted molar refractivity (Wildman–Crippen MR) is 100 cm³/mol. The molecule has 11 heteroatoms. The maximum Gasteiger partial charge on any atom is 0.524 e. The average Bonchev–Trinajstić information content (AvgIpc) is 2.55. The first-order valence-electron chi connectivity index (χ1n) is 8.72. The van der Waals surface area contributed by atoms with Gasteiger partial charge < -0.3 is 25.4 Å². The number of ether oxygens (including phenoxy) is 1. The number of aromatic hydroxyl groups is 1. The Balaban J connectivity index is 2.95. The second-order valence-corrected chi connectivity index (χ2v) is 7.80. The van der Waals surface area contributed by atoms with E-state index in [1.807, 2.05) is 13.8 Å². The van der Waals surface area contributed by atoms with Crippen LogP contribution < -0.4 is 15.6 Å². The summed E-state index contributed by atoms with van der Waals surface area (Å²) in [7, 11) is -4.83. The van der Waals surface area contributed by atoms with Crippen molar-refractivity contribution in [3.05, 3.63) is 23.8 Å². The first kappa shape index (κ1) is 23.9. The number of nitrogens with two attached hydrogens (primary N) is 1. The van der Waals surface area contributed by atoms with E-state index < -0.39 is 43.3 Å². The van der Waals surface area contributed by atoms with Crippen LogP contribution in [0.3, 0.4) is 0 Å². The van der Waals surface area contributed by atoms with Crippen molar-refractivity contribution in [1.29, 1.82) is 0 Å². The van der Waals surface area contributed by atoms with Gasteiger partial charge in [-0.1, -0.05) is 19.9 Å². The molecule has 0 bridgehead atoms. The molecule has 0 heterocycles. The van der Waals surface area contributed by atoms with Gasteiger partial charge in [-0.15, -0.1) is 0 Å². The molecule has 0 aromatic heterocycles. The van der Waals surface area contributed by atoms with Gasteiger partial charge >= 0.3 is 13.8 Å². The highest BCUT2D eigenvalue weighted by atomic mass is 31.2. The number of carbonyl (C=O) groups is 2. The number of phenols is 1. The van der Waals surface area contributed by atoms with Gasteiger partial charge in [0.25, 0.3) is 0 Å². The van der Waals surface area contributed by atoms with Crippen LogP contribution in [0.25, 0.3) is 0 Å². The van der Waals surface area contributed by atoms with Crippen molar-refractivity contribution >= 4 is 19.7 Å². The molecule has 10 nitrogen and oxygen atoms in total. The summed E-state index contributed by atoms with van der Waals surface area (Å²) in [4.78, 5) is 42.1. The average molecular weight is 418 g/mol. The van der Waals surface area contributed by atoms with Gasteiger partial charge in [0.05, 0.1) is 12.6 Å². The first-order chi connectivity index (χ1) is 12.9. The molecule has 28 heavy (non-hydrogen) atoms. The SMILES string of the molecule is CCOC(=O)[C@H](Cc1ccc(OP(=O)(O)O)c(O)c1)NC(=O)C(N)CC(C)C.